The van der Waals surface area contributed by atoms with Gasteiger partial charge in [-0.05, 0) is 38.2 Å². The van der Waals surface area contributed by atoms with Crippen molar-refractivity contribution in [3.05, 3.63) is 35.9 Å². The second-order valence-electron chi connectivity index (χ2n) is 7.44. The van der Waals surface area contributed by atoms with E-state index in [9.17, 15) is 9.59 Å². The van der Waals surface area contributed by atoms with Crippen LogP contribution in [0, 0.1) is 17.8 Å². The number of piperidine rings is 1. The molecule has 2 fully saturated rings. The summed E-state index contributed by atoms with van der Waals surface area (Å²) >= 11 is 0. The van der Waals surface area contributed by atoms with Crippen LogP contribution in [0.5, 0.6) is 0 Å². The van der Waals surface area contributed by atoms with Gasteiger partial charge < -0.3 is 15.0 Å². The molecular formula is C18H24N2O3. The van der Waals surface area contributed by atoms with Gasteiger partial charge in [-0.2, -0.15) is 0 Å². The lowest BCUT2D eigenvalue weighted by molar-refractivity contribution is -0.123. The number of carbonyl (C=O) groups excluding carboxylic acids is 2. The molecule has 1 N–H and O–H groups in total. The van der Waals surface area contributed by atoms with E-state index in [4.69, 9.17) is 4.74 Å². The quantitative estimate of drug-likeness (QED) is 0.931. The van der Waals surface area contributed by atoms with Crippen LogP contribution in [0.3, 0.4) is 0 Å². The molecule has 1 aliphatic heterocycles. The lowest BCUT2D eigenvalue weighted by Crippen LogP contribution is -2.38. The van der Waals surface area contributed by atoms with Crippen LogP contribution < -0.4 is 5.32 Å². The van der Waals surface area contributed by atoms with Gasteiger partial charge in [0.05, 0.1) is 0 Å². The van der Waals surface area contributed by atoms with E-state index in [0.717, 1.165) is 5.56 Å². The van der Waals surface area contributed by atoms with Gasteiger partial charge in [-0.25, -0.2) is 4.79 Å². The van der Waals surface area contributed by atoms with Crippen molar-refractivity contribution in [2.24, 2.45) is 17.8 Å². The van der Waals surface area contributed by atoms with Crippen LogP contribution >= 0.6 is 0 Å². The van der Waals surface area contributed by atoms with Gasteiger partial charge in [0, 0.05) is 25.6 Å². The summed E-state index contributed by atoms with van der Waals surface area (Å²) in [5.41, 5.74) is 0.623. The fraction of sp³-hybridized carbons (Fsp3) is 0.556. The molecule has 1 saturated heterocycles. The number of rotatable bonds is 3. The summed E-state index contributed by atoms with van der Waals surface area (Å²) in [4.78, 5) is 26.0. The number of ether oxygens (including phenoxy) is 1. The van der Waals surface area contributed by atoms with Gasteiger partial charge in [0.2, 0.25) is 5.91 Å². The van der Waals surface area contributed by atoms with Crippen LogP contribution in [0.15, 0.2) is 30.3 Å². The van der Waals surface area contributed by atoms with Crippen molar-refractivity contribution < 1.29 is 14.3 Å². The Morgan fingerprint density at radius 2 is 1.78 bits per heavy atom. The van der Waals surface area contributed by atoms with Gasteiger partial charge in [-0.3, -0.25) is 4.79 Å². The van der Waals surface area contributed by atoms with Crippen LogP contribution in [0.2, 0.25) is 0 Å². The fourth-order valence-corrected chi connectivity index (χ4v) is 3.29. The number of hydrogen-bond acceptors (Lipinski definition) is 3. The van der Waals surface area contributed by atoms with Gasteiger partial charge in [0.25, 0.3) is 0 Å². The highest BCUT2D eigenvalue weighted by Crippen LogP contribution is 2.52. The third kappa shape index (κ3) is 3.66. The van der Waals surface area contributed by atoms with E-state index in [-0.39, 0.29) is 17.9 Å². The first kappa shape index (κ1) is 15.8. The number of likely N-dealkylation sites (tertiary alicyclic amines) is 1. The molecule has 1 aromatic rings. The zero-order chi connectivity index (χ0) is 16.6. The van der Waals surface area contributed by atoms with Gasteiger partial charge in [-0.1, -0.05) is 30.3 Å². The highest BCUT2D eigenvalue weighted by atomic mass is 16.6. The third-order valence-electron chi connectivity index (χ3n) is 4.46. The van der Waals surface area contributed by atoms with Crippen molar-refractivity contribution in [2.45, 2.75) is 32.9 Å². The van der Waals surface area contributed by atoms with Crippen molar-refractivity contribution in [1.82, 2.24) is 10.2 Å². The van der Waals surface area contributed by atoms with Crippen molar-refractivity contribution in [3.63, 3.8) is 0 Å². The number of nitrogens with one attached hydrogen (secondary N) is 1. The fourth-order valence-electron chi connectivity index (χ4n) is 3.29. The Labute approximate surface area is 137 Å². The van der Waals surface area contributed by atoms with Gasteiger partial charge in [-0.15, -0.1) is 0 Å². The molecule has 3 atom stereocenters. The maximum absolute atomic E-state index is 12.3. The summed E-state index contributed by atoms with van der Waals surface area (Å²) in [6.07, 6.45) is -0.270. The zero-order valence-electron chi connectivity index (χ0n) is 13.9. The molecule has 23 heavy (non-hydrogen) atoms. The summed E-state index contributed by atoms with van der Waals surface area (Å²) in [5, 5.41) is 3.00. The highest BCUT2D eigenvalue weighted by molar-refractivity contribution is 5.83. The summed E-state index contributed by atoms with van der Waals surface area (Å²) in [7, 11) is 0. The number of benzene rings is 1. The van der Waals surface area contributed by atoms with Crippen LogP contribution in [0.25, 0.3) is 0 Å². The number of carbonyl (C=O) groups is 2. The standard InChI is InChI=1S/C18H24N2O3/c1-18(2,3)23-17(22)20-10-13-14(11-20)15(13)16(21)19-9-12-7-5-4-6-8-12/h4-8,13-15H,9-11H2,1-3H3,(H,19,21)/t13-,14+,15+. The summed E-state index contributed by atoms with van der Waals surface area (Å²) in [5.74, 6) is 0.738. The van der Waals surface area contributed by atoms with E-state index in [1.807, 2.05) is 51.1 Å². The zero-order valence-corrected chi connectivity index (χ0v) is 13.9. The number of fused-ring (bicyclic) bond motifs is 1. The molecule has 5 heteroatoms. The lowest BCUT2D eigenvalue weighted by atomic mass is 10.2. The number of hydrogen-bond donors (Lipinski definition) is 1. The summed E-state index contributed by atoms with van der Waals surface area (Å²) in [6, 6.07) is 9.89. The normalized spacial score (nSPS) is 25.7. The SMILES string of the molecule is CC(C)(C)OC(=O)N1C[C@@H]2[C@H](C1)[C@H]2C(=O)NCc1ccccc1. The Bertz CT molecular complexity index is 582. The maximum Gasteiger partial charge on any atom is 0.410 e. The Balaban J connectivity index is 1.44. The van der Waals surface area contributed by atoms with E-state index in [1.165, 1.54) is 0 Å². The first-order chi connectivity index (χ1) is 10.8. The Hall–Kier alpha value is -2.04. The van der Waals surface area contributed by atoms with E-state index in [1.54, 1.807) is 4.90 Å². The molecule has 5 nitrogen and oxygen atoms in total. The van der Waals surface area contributed by atoms with Crippen LogP contribution in [-0.2, 0) is 16.1 Å². The van der Waals surface area contributed by atoms with Crippen LogP contribution in [0.4, 0.5) is 4.79 Å². The van der Waals surface area contributed by atoms with Crippen molar-refractivity contribution >= 4 is 12.0 Å². The van der Waals surface area contributed by atoms with Crippen molar-refractivity contribution in [1.29, 1.82) is 0 Å². The first-order valence-corrected chi connectivity index (χ1v) is 8.15. The summed E-state index contributed by atoms with van der Waals surface area (Å²) < 4.78 is 5.38. The Morgan fingerprint density at radius 3 is 2.35 bits per heavy atom. The Kier molecular flexibility index (Phi) is 4.04. The maximum atomic E-state index is 12.3. The second kappa shape index (κ2) is 5.87. The molecule has 2 amide bonds. The lowest BCUT2D eigenvalue weighted by Gasteiger charge is -2.25. The van der Waals surface area contributed by atoms with E-state index in [2.05, 4.69) is 5.32 Å². The number of amides is 2. The van der Waals surface area contributed by atoms with Crippen molar-refractivity contribution in [2.75, 3.05) is 13.1 Å². The molecule has 1 saturated carbocycles. The van der Waals surface area contributed by atoms with Gasteiger partial charge in [0.1, 0.15) is 5.60 Å². The molecule has 0 unspecified atom stereocenters. The third-order valence-corrected chi connectivity index (χ3v) is 4.46. The molecule has 1 heterocycles. The van der Waals surface area contributed by atoms with Crippen molar-refractivity contribution in [3.8, 4) is 0 Å². The minimum absolute atomic E-state index is 0.0531. The number of nitrogens with zero attached hydrogens (tertiary/aromatic N) is 1. The largest absolute Gasteiger partial charge is 0.444 e. The monoisotopic (exact) mass is 316 g/mol. The molecule has 0 radical (unpaired) electrons. The first-order valence-electron chi connectivity index (χ1n) is 8.15. The summed E-state index contributed by atoms with van der Waals surface area (Å²) in [6.45, 7) is 7.40. The smallest absolute Gasteiger partial charge is 0.410 e. The Morgan fingerprint density at radius 1 is 1.17 bits per heavy atom. The molecule has 2 aliphatic rings. The highest BCUT2D eigenvalue weighted by Gasteiger charge is 2.60. The predicted octanol–water partition coefficient (Wildman–Crippen LogP) is 2.42. The van der Waals surface area contributed by atoms with Crippen LogP contribution in [-0.4, -0.2) is 35.6 Å². The second-order valence-corrected chi connectivity index (χ2v) is 7.44. The molecule has 124 valence electrons. The predicted molar refractivity (Wildman–Crippen MR) is 86.6 cm³/mol. The van der Waals surface area contributed by atoms with Gasteiger partial charge >= 0.3 is 6.09 Å². The molecular weight excluding hydrogens is 292 g/mol. The van der Waals surface area contributed by atoms with E-state index >= 15 is 0 Å². The molecule has 1 aromatic carbocycles. The van der Waals surface area contributed by atoms with Gasteiger partial charge in [0.15, 0.2) is 0 Å². The van der Waals surface area contributed by atoms with E-state index < -0.39 is 5.60 Å². The molecule has 0 spiro atoms. The topological polar surface area (TPSA) is 58.6 Å². The van der Waals surface area contributed by atoms with E-state index in [0.29, 0.717) is 31.5 Å². The average Bonchev–Trinajstić information content (AvgIpc) is 2.98. The minimum Gasteiger partial charge on any atom is -0.444 e. The molecule has 3 rings (SSSR count). The minimum atomic E-state index is -0.476. The molecule has 1 aliphatic carbocycles. The average molecular weight is 316 g/mol. The molecule has 0 aromatic heterocycles. The van der Waals surface area contributed by atoms with Crippen LogP contribution in [0.1, 0.15) is 26.3 Å². The molecule has 0 bridgehead atoms.